The lowest BCUT2D eigenvalue weighted by atomic mass is 10.1. The van der Waals surface area contributed by atoms with Crippen LogP contribution in [0.2, 0.25) is 0 Å². The smallest absolute Gasteiger partial charge is 0.0881 e. The summed E-state index contributed by atoms with van der Waals surface area (Å²) >= 11 is 0. The largest absolute Gasteiger partial charge is 0.324 e. The van der Waals surface area contributed by atoms with Gasteiger partial charge < -0.3 is 4.57 Å². The van der Waals surface area contributed by atoms with Crippen molar-refractivity contribution in [1.82, 2.24) is 0 Å². The highest BCUT2D eigenvalue weighted by Gasteiger charge is 2.23. The molecule has 0 amide bonds. The van der Waals surface area contributed by atoms with Crippen molar-refractivity contribution in [3.8, 4) is 0 Å². The van der Waals surface area contributed by atoms with E-state index in [-0.39, 0.29) is 7.92 Å². The van der Waals surface area contributed by atoms with Gasteiger partial charge in [-0.2, -0.15) is 0 Å². The van der Waals surface area contributed by atoms with E-state index in [1.165, 1.54) is 173 Å². The molecule has 0 saturated carbocycles. The zero-order chi connectivity index (χ0) is 27.3. The maximum absolute atomic E-state index is 14.2. The van der Waals surface area contributed by atoms with Gasteiger partial charge in [0.15, 0.2) is 0 Å². The third-order valence-corrected chi connectivity index (χ3v) is 14.7. The predicted molar refractivity (Wildman–Crippen MR) is 177 cm³/mol. The zero-order valence-electron chi connectivity index (χ0n) is 26.5. The van der Waals surface area contributed by atoms with Crippen molar-refractivity contribution >= 4 is 15.1 Å². The van der Waals surface area contributed by atoms with E-state index in [0.717, 1.165) is 18.5 Å². The average molecular weight is 559 g/mol. The molecule has 0 bridgehead atoms. The summed E-state index contributed by atoms with van der Waals surface area (Å²) in [6.45, 7) is 9.22. The van der Waals surface area contributed by atoms with Crippen molar-refractivity contribution in [3.63, 3.8) is 0 Å². The Morgan fingerprint density at radius 3 is 1.00 bits per heavy atom. The molecule has 3 heteroatoms. The Morgan fingerprint density at radius 2 is 0.649 bits per heavy atom. The van der Waals surface area contributed by atoms with Gasteiger partial charge in [0.1, 0.15) is 0 Å². The molecule has 0 fully saturated rings. The maximum Gasteiger partial charge on any atom is 0.0881 e. The summed E-state index contributed by atoms with van der Waals surface area (Å²) in [7, 11) is -1.88. The van der Waals surface area contributed by atoms with Gasteiger partial charge in [-0.1, -0.05) is 156 Å². The molecular formula is C34H72OP2. The Hall–Kier alpha value is 0.660. The van der Waals surface area contributed by atoms with Crippen molar-refractivity contribution in [2.75, 3.05) is 37.0 Å². The van der Waals surface area contributed by atoms with Gasteiger partial charge >= 0.3 is 0 Å². The highest BCUT2D eigenvalue weighted by Crippen LogP contribution is 2.51. The lowest BCUT2D eigenvalue weighted by Gasteiger charge is -2.23. The van der Waals surface area contributed by atoms with Gasteiger partial charge in [0.05, 0.1) is 7.14 Å². The standard InChI is InChI=1S/C34H72OP2/c1-5-9-13-17-21-25-29-36(30-26-22-18-14-10-6-2)31-34-37(35,32-27-23-19-15-11-7-3)33-28-24-20-16-12-8-4/h5-34H2,1-4H3. The van der Waals surface area contributed by atoms with Gasteiger partial charge in [0.25, 0.3) is 0 Å². The molecule has 37 heavy (non-hydrogen) atoms. The fraction of sp³-hybridized carbons (Fsp3) is 1.00. The van der Waals surface area contributed by atoms with Crippen molar-refractivity contribution in [3.05, 3.63) is 0 Å². The van der Waals surface area contributed by atoms with E-state index in [9.17, 15) is 4.57 Å². The third kappa shape index (κ3) is 26.6. The second kappa shape index (κ2) is 29.6. The van der Waals surface area contributed by atoms with E-state index in [1.807, 2.05) is 0 Å². The average Bonchev–Trinajstić information content (AvgIpc) is 2.90. The first kappa shape index (κ1) is 37.7. The minimum atomic E-state index is -1.98. The van der Waals surface area contributed by atoms with Crippen LogP contribution in [-0.4, -0.2) is 37.0 Å². The summed E-state index contributed by atoms with van der Waals surface area (Å²) in [5.41, 5.74) is 0. The second-order valence-electron chi connectivity index (χ2n) is 12.1. The first-order chi connectivity index (χ1) is 18.1. The molecule has 0 aromatic heterocycles. The Bertz CT molecular complexity index is 442. The molecule has 0 aliphatic rings. The van der Waals surface area contributed by atoms with Crippen LogP contribution in [0, 0.1) is 0 Å². The molecule has 0 unspecified atom stereocenters. The molecule has 0 aliphatic carbocycles. The molecule has 1 nitrogen and oxygen atoms in total. The summed E-state index contributed by atoms with van der Waals surface area (Å²) in [4.78, 5) is 0. The van der Waals surface area contributed by atoms with Gasteiger partial charge in [-0.25, -0.2) is 0 Å². The van der Waals surface area contributed by atoms with E-state index >= 15 is 0 Å². The van der Waals surface area contributed by atoms with Crippen molar-refractivity contribution in [1.29, 1.82) is 0 Å². The van der Waals surface area contributed by atoms with Gasteiger partial charge in [0, 0.05) is 18.5 Å². The number of rotatable bonds is 31. The van der Waals surface area contributed by atoms with Crippen LogP contribution in [0.15, 0.2) is 0 Å². The van der Waals surface area contributed by atoms with Crippen molar-refractivity contribution in [2.45, 2.75) is 182 Å². The summed E-state index contributed by atoms with van der Waals surface area (Å²) in [6, 6.07) is 0. The van der Waals surface area contributed by atoms with Crippen LogP contribution in [0.1, 0.15) is 182 Å². The molecule has 0 radical (unpaired) electrons. The summed E-state index contributed by atoms with van der Waals surface area (Å²) in [5, 5.41) is 0. The number of unbranched alkanes of at least 4 members (excludes halogenated alkanes) is 20. The minimum absolute atomic E-state index is 0.100. The van der Waals surface area contributed by atoms with E-state index < -0.39 is 7.14 Å². The molecule has 0 atom stereocenters. The summed E-state index contributed by atoms with van der Waals surface area (Å²) in [5.74, 6) is 0. The first-order valence-electron chi connectivity index (χ1n) is 17.4. The van der Waals surface area contributed by atoms with Crippen LogP contribution in [-0.2, 0) is 4.57 Å². The quantitative estimate of drug-likeness (QED) is 0.0611. The highest BCUT2D eigenvalue weighted by molar-refractivity contribution is 7.65. The predicted octanol–water partition coefficient (Wildman–Crippen LogP) is 13.3. The highest BCUT2D eigenvalue weighted by atomic mass is 31.2. The zero-order valence-corrected chi connectivity index (χ0v) is 28.3. The van der Waals surface area contributed by atoms with E-state index in [2.05, 4.69) is 27.7 Å². The normalized spacial score (nSPS) is 12.1. The van der Waals surface area contributed by atoms with Gasteiger partial charge in [-0.3, -0.25) is 0 Å². The van der Waals surface area contributed by atoms with Crippen LogP contribution < -0.4 is 0 Å². The summed E-state index contributed by atoms with van der Waals surface area (Å²) in [6.07, 6.45) is 40.3. The van der Waals surface area contributed by atoms with Crippen molar-refractivity contribution < 1.29 is 4.57 Å². The third-order valence-electron chi connectivity index (χ3n) is 8.32. The fourth-order valence-corrected chi connectivity index (χ4v) is 12.5. The Kier molecular flexibility index (Phi) is 30.2. The number of hydrogen-bond acceptors (Lipinski definition) is 1. The molecule has 0 N–H and O–H groups in total. The van der Waals surface area contributed by atoms with E-state index in [1.54, 1.807) is 0 Å². The van der Waals surface area contributed by atoms with Crippen LogP contribution in [0.4, 0.5) is 0 Å². The minimum Gasteiger partial charge on any atom is -0.324 e. The second-order valence-corrected chi connectivity index (χ2v) is 18.3. The molecule has 224 valence electrons. The molecule has 0 saturated heterocycles. The lowest BCUT2D eigenvalue weighted by molar-refractivity contribution is 0.562. The lowest BCUT2D eigenvalue weighted by Crippen LogP contribution is -2.07. The van der Waals surface area contributed by atoms with Crippen LogP contribution in [0.3, 0.4) is 0 Å². The number of hydrogen-bond donors (Lipinski definition) is 0. The van der Waals surface area contributed by atoms with E-state index in [4.69, 9.17) is 0 Å². The molecule has 0 aliphatic heterocycles. The van der Waals surface area contributed by atoms with Crippen LogP contribution >= 0.6 is 15.1 Å². The first-order valence-corrected chi connectivity index (χ1v) is 21.6. The molecule has 0 heterocycles. The fourth-order valence-electron chi connectivity index (χ4n) is 5.59. The monoisotopic (exact) mass is 559 g/mol. The Labute approximate surface area is 238 Å². The molecule has 0 aromatic carbocycles. The van der Waals surface area contributed by atoms with Gasteiger partial charge in [-0.15, -0.1) is 7.92 Å². The van der Waals surface area contributed by atoms with Gasteiger partial charge in [0.2, 0.25) is 0 Å². The van der Waals surface area contributed by atoms with Crippen LogP contribution in [0.5, 0.6) is 0 Å². The summed E-state index contributed by atoms with van der Waals surface area (Å²) < 4.78 is 14.2. The molecule has 0 rings (SSSR count). The van der Waals surface area contributed by atoms with E-state index in [0.29, 0.717) is 0 Å². The van der Waals surface area contributed by atoms with Crippen LogP contribution in [0.25, 0.3) is 0 Å². The molecular weight excluding hydrogens is 486 g/mol. The molecule has 0 spiro atoms. The maximum atomic E-state index is 14.2. The Morgan fingerprint density at radius 1 is 0.351 bits per heavy atom. The topological polar surface area (TPSA) is 17.1 Å². The Balaban J connectivity index is 4.72. The SMILES string of the molecule is CCCCCCCCP(CCCCCCCC)CCP(=O)(CCCCCCCC)CCCCCCCC. The van der Waals surface area contributed by atoms with Gasteiger partial charge in [-0.05, 0) is 44.2 Å². The molecule has 0 aromatic rings. The van der Waals surface area contributed by atoms with Crippen molar-refractivity contribution in [2.24, 2.45) is 0 Å².